The number of nitrogens with one attached hydrogen (secondary N) is 2. The molecule has 0 unspecified atom stereocenters. The molecular weight excluding hydrogens is 418 g/mol. The Morgan fingerprint density at radius 3 is 2.76 bits per heavy atom. The molecule has 3 heterocycles. The van der Waals surface area contributed by atoms with E-state index in [9.17, 15) is 9.59 Å². The second kappa shape index (κ2) is 11.1. The molecule has 1 fully saturated rings. The molecule has 1 aromatic carbocycles. The van der Waals surface area contributed by atoms with Crippen LogP contribution in [-0.4, -0.2) is 72.5 Å². The number of fused-ring (bicyclic) bond motifs is 3. The van der Waals surface area contributed by atoms with E-state index >= 15 is 0 Å². The number of carbonyl (C=O) groups excluding carboxylic acids is 2. The first-order valence-electron chi connectivity index (χ1n) is 11.8. The number of para-hydroxylation sites is 2. The van der Waals surface area contributed by atoms with Crippen LogP contribution in [0.25, 0.3) is 0 Å². The Morgan fingerprint density at radius 2 is 1.91 bits per heavy atom. The van der Waals surface area contributed by atoms with Crippen LogP contribution in [0.1, 0.15) is 42.6 Å². The van der Waals surface area contributed by atoms with Crippen LogP contribution in [0, 0.1) is 0 Å². The second-order valence-corrected chi connectivity index (χ2v) is 8.81. The molecule has 2 bridgehead atoms. The van der Waals surface area contributed by atoms with Gasteiger partial charge in [-0.1, -0.05) is 18.2 Å². The van der Waals surface area contributed by atoms with Gasteiger partial charge in [-0.25, -0.2) is 4.98 Å². The summed E-state index contributed by atoms with van der Waals surface area (Å²) in [5.74, 6) is 0.995. The Balaban J connectivity index is 1.49. The monoisotopic (exact) mass is 451 g/mol. The Kier molecular flexibility index (Phi) is 7.78. The van der Waals surface area contributed by atoms with Gasteiger partial charge < -0.3 is 25.2 Å². The van der Waals surface area contributed by atoms with Gasteiger partial charge in [0, 0.05) is 12.6 Å². The van der Waals surface area contributed by atoms with Crippen molar-refractivity contribution in [1.29, 1.82) is 0 Å². The largest absolute Gasteiger partial charge is 0.491 e. The van der Waals surface area contributed by atoms with Crippen molar-refractivity contribution in [3.8, 4) is 5.75 Å². The van der Waals surface area contributed by atoms with Gasteiger partial charge in [0.05, 0.1) is 18.8 Å². The zero-order chi connectivity index (χ0) is 23.0. The number of benzene rings is 1. The SMILES string of the molecule is CN1CCC(NC(=O)CN2CCCCCOc3ccccc3Nc3cccc(n3)C2=O)CC1. The number of piperidine rings is 1. The standard InChI is InChI=1S/C25H33N5O3/c1-29-15-12-19(13-16-29)26-24(31)18-30-14-5-2-6-17-33-22-10-4-3-8-20(22)27-23-11-7-9-21(28-23)25(30)32/h3-4,7-11,19H,2,5-6,12-18H2,1H3,(H,26,31)(H,27,28). The molecule has 2 aromatic rings. The molecule has 2 aliphatic rings. The summed E-state index contributed by atoms with van der Waals surface area (Å²) in [6, 6.07) is 13.2. The fraction of sp³-hybridized carbons (Fsp3) is 0.480. The molecule has 176 valence electrons. The quantitative estimate of drug-likeness (QED) is 0.746. The molecule has 0 spiro atoms. The molecule has 2 N–H and O–H groups in total. The first-order chi connectivity index (χ1) is 16.1. The lowest BCUT2D eigenvalue weighted by Crippen LogP contribution is -2.48. The maximum atomic E-state index is 13.3. The highest BCUT2D eigenvalue weighted by Gasteiger charge is 2.23. The van der Waals surface area contributed by atoms with E-state index in [2.05, 4.69) is 27.6 Å². The van der Waals surface area contributed by atoms with E-state index in [4.69, 9.17) is 4.74 Å². The minimum Gasteiger partial charge on any atom is -0.491 e. The third kappa shape index (κ3) is 6.44. The van der Waals surface area contributed by atoms with Crippen LogP contribution in [0.5, 0.6) is 5.75 Å². The lowest BCUT2D eigenvalue weighted by molar-refractivity contribution is -0.122. The number of carbonyl (C=O) groups is 2. The minimum atomic E-state index is -0.223. The van der Waals surface area contributed by atoms with Gasteiger partial charge in [0.15, 0.2) is 0 Å². The molecule has 2 amide bonds. The molecule has 0 aliphatic carbocycles. The third-order valence-electron chi connectivity index (χ3n) is 6.15. The maximum Gasteiger partial charge on any atom is 0.273 e. The van der Waals surface area contributed by atoms with E-state index in [0.29, 0.717) is 24.7 Å². The molecule has 2 aliphatic heterocycles. The zero-order valence-electron chi connectivity index (χ0n) is 19.3. The van der Waals surface area contributed by atoms with E-state index in [-0.39, 0.29) is 24.4 Å². The van der Waals surface area contributed by atoms with E-state index in [1.165, 1.54) is 0 Å². The van der Waals surface area contributed by atoms with Crippen molar-refractivity contribution < 1.29 is 14.3 Å². The van der Waals surface area contributed by atoms with Gasteiger partial charge in [0.1, 0.15) is 17.3 Å². The number of aromatic nitrogens is 1. The number of likely N-dealkylation sites (tertiary alicyclic amines) is 1. The number of ether oxygens (including phenoxy) is 1. The van der Waals surface area contributed by atoms with Gasteiger partial charge in [-0.15, -0.1) is 0 Å². The smallest absolute Gasteiger partial charge is 0.273 e. The van der Waals surface area contributed by atoms with Crippen molar-refractivity contribution in [2.75, 3.05) is 45.2 Å². The van der Waals surface area contributed by atoms with Crippen molar-refractivity contribution in [3.63, 3.8) is 0 Å². The number of nitrogens with zero attached hydrogens (tertiary/aromatic N) is 3. The maximum absolute atomic E-state index is 13.3. The molecule has 0 radical (unpaired) electrons. The average Bonchev–Trinajstić information content (AvgIpc) is 2.82. The van der Waals surface area contributed by atoms with Crippen LogP contribution in [-0.2, 0) is 4.79 Å². The van der Waals surface area contributed by atoms with E-state index in [0.717, 1.165) is 56.6 Å². The van der Waals surface area contributed by atoms with Gasteiger partial charge in [-0.3, -0.25) is 9.59 Å². The first kappa shape index (κ1) is 23.0. The fourth-order valence-corrected chi connectivity index (χ4v) is 4.23. The van der Waals surface area contributed by atoms with Gasteiger partial charge in [-0.2, -0.15) is 0 Å². The number of rotatable bonds is 3. The number of pyridine rings is 1. The average molecular weight is 452 g/mol. The third-order valence-corrected chi connectivity index (χ3v) is 6.15. The molecular formula is C25H33N5O3. The highest BCUT2D eigenvalue weighted by Crippen LogP contribution is 2.27. The summed E-state index contributed by atoms with van der Waals surface area (Å²) < 4.78 is 5.97. The van der Waals surface area contributed by atoms with Crippen LogP contribution in [0.2, 0.25) is 0 Å². The second-order valence-electron chi connectivity index (χ2n) is 8.81. The van der Waals surface area contributed by atoms with Crippen molar-refractivity contribution >= 4 is 23.3 Å². The number of hydrogen-bond acceptors (Lipinski definition) is 6. The number of hydrogen-bond donors (Lipinski definition) is 2. The van der Waals surface area contributed by atoms with Crippen molar-refractivity contribution in [2.45, 2.75) is 38.1 Å². The Bertz CT molecular complexity index is 959. The van der Waals surface area contributed by atoms with Gasteiger partial charge in [0.2, 0.25) is 5.91 Å². The first-order valence-corrected chi connectivity index (χ1v) is 11.8. The van der Waals surface area contributed by atoms with Crippen LogP contribution in [0.3, 0.4) is 0 Å². The van der Waals surface area contributed by atoms with Gasteiger partial charge in [0.25, 0.3) is 5.91 Å². The lowest BCUT2D eigenvalue weighted by atomic mass is 10.1. The van der Waals surface area contributed by atoms with Crippen molar-refractivity contribution in [1.82, 2.24) is 20.1 Å². The van der Waals surface area contributed by atoms with Crippen LogP contribution in [0.15, 0.2) is 42.5 Å². The van der Waals surface area contributed by atoms with Crippen molar-refractivity contribution in [3.05, 3.63) is 48.2 Å². The number of amides is 2. The van der Waals surface area contributed by atoms with Gasteiger partial charge in [-0.05, 0) is 76.5 Å². The Morgan fingerprint density at radius 1 is 1.09 bits per heavy atom. The predicted octanol–water partition coefficient (Wildman–Crippen LogP) is 3.04. The summed E-state index contributed by atoms with van der Waals surface area (Å²) in [5.41, 5.74) is 1.13. The Labute approximate surface area is 195 Å². The fourth-order valence-electron chi connectivity index (χ4n) is 4.23. The van der Waals surface area contributed by atoms with E-state index < -0.39 is 0 Å². The molecule has 0 saturated carbocycles. The molecule has 0 atom stereocenters. The van der Waals surface area contributed by atoms with E-state index in [1.54, 1.807) is 17.0 Å². The Hall–Kier alpha value is -3.13. The van der Waals surface area contributed by atoms with Gasteiger partial charge >= 0.3 is 0 Å². The topological polar surface area (TPSA) is 86.8 Å². The molecule has 1 aromatic heterocycles. The summed E-state index contributed by atoms with van der Waals surface area (Å²) in [7, 11) is 2.09. The molecule has 8 nitrogen and oxygen atoms in total. The summed E-state index contributed by atoms with van der Waals surface area (Å²) >= 11 is 0. The molecule has 1 saturated heterocycles. The highest BCUT2D eigenvalue weighted by atomic mass is 16.5. The summed E-state index contributed by atoms with van der Waals surface area (Å²) in [6.07, 6.45) is 4.46. The van der Waals surface area contributed by atoms with Crippen LogP contribution < -0.4 is 15.4 Å². The van der Waals surface area contributed by atoms with Crippen LogP contribution in [0.4, 0.5) is 11.5 Å². The normalized spacial score (nSPS) is 18.5. The summed E-state index contributed by atoms with van der Waals surface area (Å²) in [6.45, 7) is 3.10. The molecule has 8 heteroatoms. The minimum absolute atomic E-state index is 0.0455. The van der Waals surface area contributed by atoms with E-state index in [1.807, 2.05) is 30.3 Å². The highest BCUT2D eigenvalue weighted by molar-refractivity contribution is 5.95. The lowest BCUT2D eigenvalue weighted by Gasteiger charge is -2.30. The summed E-state index contributed by atoms with van der Waals surface area (Å²) in [4.78, 5) is 34.5. The zero-order valence-corrected chi connectivity index (χ0v) is 19.3. The van der Waals surface area contributed by atoms with Crippen LogP contribution >= 0.6 is 0 Å². The predicted molar refractivity (Wildman–Crippen MR) is 128 cm³/mol. The molecule has 4 rings (SSSR count). The van der Waals surface area contributed by atoms with Crippen molar-refractivity contribution in [2.24, 2.45) is 0 Å². The number of anilines is 2. The summed E-state index contributed by atoms with van der Waals surface area (Å²) in [5, 5.41) is 6.38. The molecule has 33 heavy (non-hydrogen) atoms.